The van der Waals surface area contributed by atoms with E-state index in [0.717, 1.165) is 23.0 Å². The highest BCUT2D eigenvalue weighted by Crippen LogP contribution is 2.30. The van der Waals surface area contributed by atoms with Gasteiger partial charge in [0.25, 0.3) is 0 Å². The summed E-state index contributed by atoms with van der Waals surface area (Å²) in [7, 11) is 0. The highest BCUT2D eigenvalue weighted by molar-refractivity contribution is 9.10. The number of alkyl halides is 1. The third-order valence-electron chi connectivity index (χ3n) is 2.94. The summed E-state index contributed by atoms with van der Waals surface area (Å²) in [4.78, 5) is 0. The molecule has 0 saturated carbocycles. The van der Waals surface area contributed by atoms with Crippen LogP contribution in [0.1, 0.15) is 18.4 Å². The molecule has 0 aromatic heterocycles. The Morgan fingerprint density at radius 2 is 2.31 bits per heavy atom. The topological polar surface area (TPSA) is 12.0 Å². The van der Waals surface area contributed by atoms with Gasteiger partial charge in [-0.2, -0.15) is 0 Å². The Hall–Kier alpha value is -0.120. The molecule has 0 amide bonds. The predicted molar refractivity (Wildman–Crippen MR) is 68.8 cm³/mol. The fourth-order valence-corrected chi connectivity index (χ4v) is 2.83. The monoisotopic (exact) mass is 305 g/mol. The molecule has 16 heavy (non-hydrogen) atoms. The van der Waals surface area contributed by atoms with Gasteiger partial charge in [0.05, 0.1) is 0 Å². The Labute approximate surface area is 109 Å². The average Bonchev–Trinajstić information content (AvgIpc) is 2.23. The molecule has 0 spiro atoms. The molecule has 0 bridgehead atoms. The molecule has 0 radical (unpaired) electrons. The van der Waals surface area contributed by atoms with E-state index in [9.17, 15) is 4.39 Å². The molecule has 88 valence electrons. The smallest absolute Gasteiger partial charge is 0.127 e. The molecule has 1 saturated heterocycles. The Balaban J connectivity index is 2.13. The summed E-state index contributed by atoms with van der Waals surface area (Å²) >= 11 is 9.44. The second-order valence-electron chi connectivity index (χ2n) is 4.34. The van der Waals surface area contributed by atoms with Crippen molar-refractivity contribution in [1.82, 2.24) is 5.32 Å². The lowest BCUT2D eigenvalue weighted by atomic mass is 9.89. The Morgan fingerprint density at radius 1 is 1.50 bits per heavy atom. The van der Waals surface area contributed by atoms with Gasteiger partial charge in [0, 0.05) is 22.5 Å². The minimum absolute atomic E-state index is 0.395. The molecule has 1 aliphatic heterocycles. The number of hydrogen-bond donors (Lipinski definition) is 1. The van der Waals surface area contributed by atoms with Gasteiger partial charge in [-0.25, -0.2) is 4.39 Å². The summed E-state index contributed by atoms with van der Waals surface area (Å²) in [6, 6.07) is 5.61. The van der Waals surface area contributed by atoms with Gasteiger partial charge in [-0.05, 0) is 37.1 Å². The quantitative estimate of drug-likeness (QED) is 0.878. The first-order chi connectivity index (χ1) is 7.59. The molecule has 1 aliphatic rings. The SMILES string of the molecule is FC1(Cc2ccc(Br)cc2Cl)CCCNC1. The highest BCUT2D eigenvalue weighted by Gasteiger charge is 2.32. The summed E-state index contributed by atoms with van der Waals surface area (Å²) in [5.41, 5.74) is -0.258. The van der Waals surface area contributed by atoms with E-state index in [-0.39, 0.29) is 0 Å². The van der Waals surface area contributed by atoms with Crippen molar-refractivity contribution < 1.29 is 4.39 Å². The zero-order valence-electron chi connectivity index (χ0n) is 8.90. The number of nitrogens with one attached hydrogen (secondary N) is 1. The van der Waals surface area contributed by atoms with Crippen LogP contribution in [0.2, 0.25) is 5.02 Å². The molecule has 1 aromatic carbocycles. The van der Waals surface area contributed by atoms with Gasteiger partial charge < -0.3 is 5.32 Å². The number of hydrogen-bond acceptors (Lipinski definition) is 1. The Kier molecular flexibility index (Phi) is 3.88. The van der Waals surface area contributed by atoms with Gasteiger partial charge in [-0.15, -0.1) is 0 Å². The van der Waals surface area contributed by atoms with Crippen molar-refractivity contribution in [2.75, 3.05) is 13.1 Å². The predicted octanol–water partition coefficient (Wildman–Crippen LogP) is 3.74. The van der Waals surface area contributed by atoms with E-state index >= 15 is 0 Å². The van der Waals surface area contributed by atoms with Gasteiger partial charge in [-0.3, -0.25) is 0 Å². The number of halogens is 3. The fourth-order valence-electron chi connectivity index (χ4n) is 2.09. The molecule has 1 atom stereocenters. The van der Waals surface area contributed by atoms with Crippen molar-refractivity contribution in [3.63, 3.8) is 0 Å². The van der Waals surface area contributed by atoms with Gasteiger partial charge in [0.1, 0.15) is 5.67 Å². The maximum absolute atomic E-state index is 14.4. The lowest BCUT2D eigenvalue weighted by Crippen LogP contribution is -2.43. The Morgan fingerprint density at radius 3 is 2.94 bits per heavy atom. The second-order valence-corrected chi connectivity index (χ2v) is 5.67. The van der Waals surface area contributed by atoms with Crippen molar-refractivity contribution in [3.8, 4) is 0 Å². The highest BCUT2D eigenvalue weighted by atomic mass is 79.9. The van der Waals surface area contributed by atoms with Crippen molar-refractivity contribution >= 4 is 27.5 Å². The summed E-state index contributed by atoms with van der Waals surface area (Å²) in [6.07, 6.45) is 1.91. The van der Waals surface area contributed by atoms with E-state index in [1.54, 1.807) is 0 Å². The van der Waals surface area contributed by atoms with Crippen LogP contribution < -0.4 is 5.32 Å². The molecule has 1 unspecified atom stereocenters. The first-order valence-corrected chi connectivity index (χ1v) is 6.60. The summed E-state index contributed by atoms with van der Waals surface area (Å²) < 4.78 is 15.3. The first-order valence-electron chi connectivity index (χ1n) is 5.43. The number of benzene rings is 1. The van der Waals surface area contributed by atoms with E-state index in [0.29, 0.717) is 24.4 Å². The van der Waals surface area contributed by atoms with Crippen LogP contribution in [0.4, 0.5) is 4.39 Å². The maximum atomic E-state index is 14.4. The molecule has 1 aromatic rings. The average molecular weight is 307 g/mol. The molecule has 0 aliphatic carbocycles. The van der Waals surface area contributed by atoms with Crippen LogP contribution >= 0.6 is 27.5 Å². The van der Waals surface area contributed by atoms with Crippen molar-refractivity contribution in [2.24, 2.45) is 0 Å². The van der Waals surface area contributed by atoms with Crippen LogP contribution in [0.15, 0.2) is 22.7 Å². The van der Waals surface area contributed by atoms with Crippen molar-refractivity contribution in [1.29, 1.82) is 0 Å². The zero-order chi connectivity index (χ0) is 11.6. The van der Waals surface area contributed by atoms with Crippen molar-refractivity contribution in [3.05, 3.63) is 33.3 Å². The molecule has 1 heterocycles. The van der Waals surface area contributed by atoms with E-state index in [4.69, 9.17) is 11.6 Å². The van der Waals surface area contributed by atoms with Crippen LogP contribution in [-0.2, 0) is 6.42 Å². The van der Waals surface area contributed by atoms with E-state index in [1.165, 1.54) is 0 Å². The van der Waals surface area contributed by atoms with Crippen LogP contribution in [0.25, 0.3) is 0 Å². The summed E-state index contributed by atoms with van der Waals surface area (Å²) in [5, 5.41) is 3.74. The summed E-state index contributed by atoms with van der Waals surface area (Å²) in [5.74, 6) is 0. The molecule has 1 N–H and O–H groups in total. The van der Waals surface area contributed by atoms with Gasteiger partial charge in [-0.1, -0.05) is 33.6 Å². The number of piperidine rings is 1. The molecular weight excluding hydrogens is 292 g/mol. The zero-order valence-corrected chi connectivity index (χ0v) is 11.2. The molecule has 1 nitrogen and oxygen atoms in total. The minimum atomic E-state index is -1.14. The number of rotatable bonds is 2. The molecule has 2 rings (SSSR count). The lowest BCUT2D eigenvalue weighted by Gasteiger charge is -2.30. The van der Waals surface area contributed by atoms with Crippen LogP contribution in [0, 0.1) is 0 Å². The molecule has 1 fully saturated rings. The van der Waals surface area contributed by atoms with E-state index < -0.39 is 5.67 Å². The lowest BCUT2D eigenvalue weighted by molar-refractivity contribution is 0.122. The molecular formula is C12H14BrClFN. The third-order valence-corrected chi connectivity index (χ3v) is 3.79. The third kappa shape index (κ3) is 2.96. The molecule has 4 heteroatoms. The van der Waals surface area contributed by atoms with Crippen LogP contribution in [-0.4, -0.2) is 18.8 Å². The maximum Gasteiger partial charge on any atom is 0.127 e. The van der Waals surface area contributed by atoms with Gasteiger partial charge in [0.2, 0.25) is 0 Å². The van der Waals surface area contributed by atoms with E-state index in [2.05, 4.69) is 21.2 Å². The van der Waals surface area contributed by atoms with Gasteiger partial charge >= 0.3 is 0 Å². The second kappa shape index (κ2) is 5.03. The van der Waals surface area contributed by atoms with Crippen LogP contribution in [0.5, 0.6) is 0 Å². The largest absolute Gasteiger partial charge is 0.314 e. The Bertz CT molecular complexity index is 377. The van der Waals surface area contributed by atoms with Crippen LogP contribution in [0.3, 0.4) is 0 Å². The summed E-state index contributed by atoms with van der Waals surface area (Å²) in [6.45, 7) is 1.35. The fraction of sp³-hybridized carbons (Fsp3) is 0.500. The van der Waals surface area contributed by atoms with Gasteiger partial charge in [0.15, 0.2) is 0 Å². The van der Waals surface area contributed by atoms with E-state index in [1.807, 2.05) is 18.2 Å². The van der Waals surface area contributed by atoms with Crippen molar-refractivity contribution in [2.45, 2.75) is 24.9 Å². The normalized spacial score (nSPS) is 25.7. The minimum Gasteiger partial charge on any atom is -0.314 e. The first kappa shape index (κ1) is 12.3. The standard InChI is InChI=1S/C12H14BrClFN/c13-10-3-2-9(11(14)6-10)7-12(15)4-1-5-16-8-12/h2-3,6,16H,1,4-5,7-8H2.